The van der Waals surface area contributed by atoms with Gasteiger partial charge >= 0.3 is 0 Å². The third-order valence-electron chi connectivity index (χ3n) is 8.14. The van der Waals surface area contributed by atoms with Crippen molar-refractivity contribution in [3.63, 3.8) is 0 Å². The van der Waals surface area contributed by atoms with Crippen LogP contribution in [0.3, 0.4) is 0 Å². The second-order valence-electron chi connectivity index (χ2n) is 10.1. The molecule has 1 heterocycles. The van der Waals surface area contributed by atoms with Gasteiger partial charge in [0.05, 0.1) is 17.5 Å². The average Bonchev–Trinajstić information content (AvgIpc) is 3.69. The van der Waals surface area contributed by atoms with Crippen LogP contribution in [0.4, 0.5) is 11.4 Å². The van der Waals surface area contributed by atoms with Crippen LogP contribution < -0.4 is 15.0 Å². The molecule has 6 heteroatoms. The van der Waals surface area contributed by atoms with Gasteiger partial charge in [-0.3, -0.25) is 19.3 Å². The third kappa shape index (κ3) is 3.28. The molecule has 6 nitrogen and oxygen atoms in total. The molecule has 0 aromatic heterocycles. The number of nitrogens with one attached hydrogen (secondary N) is 1. The maximum absolute atomic E-state index is 13.3. The first-order valence-electron chi connectivity index (χ1n) is 12.4. The summed E-state index contributed by atoms with van der Waals surface area (Å²) in [7, 11) is 0. The van der Waals surface area contributed by atoms with E-state index < -0.39 is 0 Å². The molecule has 2 bridgehead atoms. The van der Waals surface area contributed by atoms with Crippen molar-refractivity contribution < 1.29 is 19.1 Å². The first kappa shape index (κ1) is 21.1. The molecule has 1 N–H and O–H groups in total. The smallest absolute Gasteiger partial charge is 0.255 e. The second-order valence-corrected chi connectivity index (χ2v) is 10.1. The van der Waals surface area contributed by atoms with E-state index in [1.807, 2.05) is 30.3 Å². The van der Waals surface area contributed by atoms with Crippen molar-refractivity contribution in [3.8, 4) is 11.5 Å². The Hall–Kier alpha value is -4.19. The number of para-hydroxylation sites is 1. The minimum absolute atomic E-state index is 0.0929. The van der Waals surface area contributed by atoms with Crippen LogP contribution in [0.15, 0.2) is 91.0 Å². The summed E-state index contributed by atoms with van der Waals surface area (Å²) in [4.78, 5) is 40.7. The molecule has 3 aromatic rings. The van der Waals surface area contributed by atoms with E-state index in [-0.39, 0.29) is 41.4 Å². The minimum Gasteiger partial charge on any atom is -0.457 e. The van der Waals surface area contributed by atoms with Gasteiger partial charge in [-0.05, 0) is 90.8 Å². The van der Waals surface area contributed by atoms with E-state index in [0.717, 1.165) is 12.2 Å². The fourth-order valence-electron chi connectivity index (χ4n) is 6.41. The summed E-state index contributed by atoms with van der Waals surface area (Å²) in [6.45, 7) is 0. The van der Waals surface area contributed by atoms with Crippen LogP contribution in [0.1, 0.15) is 16.8 Å². The number of ether oxygens (including phenoxy) is 1. The molecule has 2 saturated carbocycles. The maximum atomic E-state index is 13.3. The number of carbonyl (C=O) groups is 3. The highest BCUT2D eigenvalue weighted by atomic mass is 16.5. The highest BCUT2D eigenvalue weighted by molar-refractivity contribution is 6.22. The highest BCUT2D eigenvalue weighted by Crippen LogP contribution is 2.65. The molecule has 36 heavy (non-hydrogen) atoms. The predicted octanol–water partition coefficient (Wildman–Crippen LogP) is 5.29. The van der Waals surface area contributed by atoms with Crippen LogP contribution in [0, 0.1) is 35.5 Å². The SMILES string of the molecule is O=C(Nc1ccc(Oc2ccccc2)cc1)c1ccc(N2C(=O)C3C4C=CC(C5CC45)C3C2=O)cc1. The van der Waals surface area contributed by atoms with Gasteiger partial charge in [-0.1, -0.05) is 30.4 Å². The van der Waals surface area contributed by atoms with E-state index in [9.17, 15) is 14.4 Å². The van der Waals surface area contributed by atoms with E-state index in [2.05, 4.69) is 17.5 Å². The molecular formula is C30H24N2O4. The van der Waals surface area contributed by atoms with Crippen molar-refractivity contribution >= 4 is 29.1 Å². The zero-order chi connectivity index (χ0) is 24.4. The molecule has 1 saturated heterocycles. The van der Waals surface area contributed by atoms with Crippen molar-refractivity contribution in [2.45, 2.75) is 6.42 Å². The molecule has 6 atom stereocenters. The van der Waals surface area contributed by atoms with Gasteiger partial charge < -0.3 is 10.1 Å². The van der Waals surface area contributed by atoms with E-state index in [1.54, 1.807) is 48.5 Å². The monoisotopic (exact) mass is 476 g/mol. The summed E-state index contributed by atoms with van der Waals surface area (Å²) in [6.07, 6.45) is 5.48. The Morgan fingerprint density at radius 3 is 1.94 bits per heavy atom. The number of amides is 3. The molecule has 178 valence electrons. The number of imide groups is 1. The molecule has 8 rings (SSSR count). The number of hydrogen-bond donors (Lipinski definition) is 1. The fourth-order valence-corrected chi connectivity index (χ4v) is 6.41. The number of carbonyl (C=O) groups excluding carboxylic acids is 3. The lowest BCUT2D eigenvalue weighted by molar-refractivity contribution is -0.124. The first-order chi connectivity index (χ1) is 17.6. The number of anilines is 2. The standard InChI is InChI=1S/C30H24N2O4/c33-28(31-18-8-12-21(13-9-18)36-20-4-2-1-3-5-20)17-6-10-19(11-7-17)32-29(34)26-22-14-15-23(25-16-24(22)25)27(26)30(32)35/h1-15,22-27H,16H2,(H,31,33). The van der Waals surface area contributed by atoms with Crippen LogP contribution in [0.2, 0.25) is 0 Å². The topological polar surface area (TPSA) is 75.7 Å². The second kappa shape index (κ2) is 7.92. The summed E-state index contributed by atoms with van der Waals surface area (Å²) in [5, 5.41) is 2.88. The molecule has 1 aliphatic heterocycles. The molecule has 3 fully saturated rings. The average molecular weight is 477 g/mol. The quantitative estimate of drug-likeness (QED) is 0.401. The van der Waals surface area contributed by atoms with Gasteiger partial charge in [0, 0.05) is 11.3 Å². The van der Waals surface area contributed by atoms with Gasteiger partial charge in [0.25, 0.3) is 5.91 Å². The van der Waals surface area contributed by atoms with Gasteiger partial charge in [0.15, 0.2) is 0 Å². The molecule has 3 amide bonds. The molecular weight excluding hydrogens is 452 g/mol. The predicted molar refractivity (Wildman–Crippen MR) is 135 cm³/mol. The first-order valence-corrected chi connectivity index (χ1v) is 12.4. The number of rotatable bonds is 5. The van der Waals surface area contributed by atoms with Gasteiger partial charge in [0.1, 0.15) is 11.5 Å². The highest BCUT2D eigenvalue weighted by Gasteiger charge is 2.67. The van der Waals surface area contributed by atoms with E-state index >= 15 is 0 Å². The lowest BCUT2D eigenvalue weighted by Crippen LogP contribution is -2.40. The molecule has 3 aromatic carbocycles. The Bertz CT molecular complexity index is 1360. The molecule has 6 unspecified atom stereocenters. The van der Waals surface area contributed by atoms with Crippen LogP contribution in [0.5, 0.6) is 11.5 Å². The zero-order valence-electron chi connectivity index (χ0n) is 19.4. The van der Waals surface area contributed by atoms with Crippen LogP contribution >= 0.6 is 0 Å². The molecule has 0 spiro atoms. The molecule has 5 aliphatic rings. The number of allylic oxidation sites excluding steroid dienone is 2. The zero-order valence-corrected chi connectivity index (χ0v) is 19.4. The Labute approximate surface area is 208 Å². The Kier molecular flexibility index (Phi) is 4.64. The summed E-state index contributed by atoms with van der Waals surface area (Å²) < 4.78 is 5.79. The Balaban J connectivity index is 1.03. The number of benzene rings is 3. The van der Waals surface area contributed by atoms with Crippen LogP contribution in [-0.2, 0) is 9.59 Å². The Morgan fingerprint density at radius 1 is 0.750 bits per heavy atom. The van der Waals surface area contributed by atoms with Crippen molar-refractivity contribution in [2.24, 2.45) is 35.5 Å². The normalized spacial score (nSPS) is 29.1. The maximum Gasteiger partial charge on any atom is 0.255 e. The number of nitrogens with zero attached hydrogens (tertiary/aromatic N) is 1. The summed E-state index contributed by atoms with van der Waals surface area (Å²) in [5.74, 6) is 2.03. The van der Waals surface area contributed by atoms with E-state index in [1.165, 1.54) is 4.90 Å². The van der Waals surface area contributed by atoms with Crippen LogP contribution in [0.25, 0.3) is 0 Å². The van der Waals surface area contributed by atoms with Crippen molar-refractivity contribution in [1.82, 2.24) is 0 Å². The van der Waals surface area contributed by atoms with Crippen molar-refractivity contribution in [2.75, 3.05) is 10.2 Å². The lowest BCUT2D eigenvalue weighted by atomic mass is 9.63. The lowest BCUT2D eigenvalue weighted by Gasteiger charge is -2.37. The van der Waals surface area contributed by atoms with Crippen molar-refractivity contribution in [3.05, 3.63) is 96.6 Å². The van der Waals surface area contributed by atoms with E-state index in [4.69, 9.17) is 4.74 Å². The van der Waals surface area contributed by atoms with Gasteiger partial charge in [-0.25, -0.2) is 0 Å². The molecule has 0 radical (unpaired) electrons. The third-order valence-corrected chi connectivity index (χ3v) is 8.14. The minimum atomic E-state index is -0.270. The van der Waals surface area contributed by atoms with E-state index in [0.29, 0.717) is 34.5 Å². The van der Waals surface area contributed by atoms with Crippen LogP contribution in [-0.4, -0.2) is 17.7 Å². The summed E-state index contributed by atoms with van der Waals surface area (Å²) in [5.41, 5.74) is 1.62. The molecule has 4 aliphatic carbocycles. The van der Waals surface area contributed by atoms with Crippen molar-refractivity contribution in [1.29, 1.82) is 0 Å². The van der Waals surface area contributed by atoms with Gasteiger partial charge in [-0.2, -0.15) is 0 Å². The van der Waals surface area contributed by atoms with Gasteiger partial charge in [-0.15, -0.1) is 0 Å². The Morgan fingerprint density at radius 2 is 1.33 bits per heavy atom. The fraction of sp³-hybridized carbons (Fsp3) is 0.233. The largest absolute Gasteiger partial charge is 0.457 e. The van der Waals surface area contributed by atoms with Gasteiger partial charge in [0.2, 0.25) is 11.8 Å². The number of hydrogen-bond acceptors (Lipinski definition) is 4. The summed E-state index contributed by atoms with van der Waals surface area (Å²) in [6, 6.07) is 23.3. The summed E-state index contributed by atoms with van der Waals surface area (Å²) >= 11 is 0.